The lowest BCUT2D eigenvalue weighted by atomic mass is 9.87. The van der Waals surface area contributed by atoms with Crippen LogP contribution in [0.3, 0.4) is 0 Å². The van der Waals surface area contributed by atoms with Crippen LogP contribution in [0, 0.1) is 0 Å². The molecular weight excluding hydrogens is 490 g/mol. The molecule has 2 aromatic carbocycles. The average Bonchev–Trinajstić information content (AvgIpc) is 3.25. The fourth-order valence-electron chi connectivity index (χ4n) is 3.03. The number of methoxy groups -OCH3 is 2. The number of aromatic nitrogens is 2. The van der Waals surface area contributed by atoms with Gasteiger partial charge in [0.25, 0.3) is 5.91 Å². The molecule has 0 fully saturated rings. The first-order chi connectivity index (χ1) is 15.6. The summed E-state index contributed by atoms with van der Waals surface area (Å²) in [5.41, 5.74) is 1.89. The van der Waals surface area contributed by atoms with Gasteiger partial charge in [-0.1, -0.05) is 26.8 Å². The number of rotatable bonds is 8. The van der Waals surface area contributed by atoms with E-state index in [1.807, 2.05) is 18.2 Å². The number of carbonyl (C=O) groups excluding carboxylic acids is 1. The smallest absolute Gasteiger partial charge is 0.260 e. The Hall–Kier alpha value is -3.07. The van der Waals surface area contributed by atoms with E-state index in [-0.39, 0.29) is 24.5 Å². The van der Waals surface area contributed by atoms with Gasteiger partial charge in [-0.3, -0.25) is 4.79 Å². The van der Waals surface area contributed by atoms with Crippen molar-refractivity contribution in [3.8, 4) is 28.7 Å². The molecule has 0 aliphatic carbocycles. The topological polar surface area (TPSA) is 86.9 Å². The first kappa shape index (κ1) is 24.6. The van der Waals surface area contributed by atoms with E-state index >= 15 is 0 Å². The van der Waals surface area contributed by atoms with E-state index in [9.17, 15) is 4.79 Å². The second kappa shape index (κ2) is 10.2. The van der Waals surface area contributed by atoms with Crippen molar-refractivity contribution >= 4 is 21.8 Å². The molecule has 0 aliphatic rings. The number of nitrogens with zero attached hydrogens (tertiary/aromatic N) is 3. The molecule has 1 aromatic heterocycles. The van der Waals surface area contributed by atoms with Crippen LogP contribution in [0.1, 0.15) is 32.2 Å². The van der Waals surface area contributed by atoms with Gasteiger partial charge < -0.3 is 23.5 Å². The van der Waals surface area contributed by atoms with E-state index in [0.29, 0.717) is 34.6 Å². The van der Waals surface area contributed by atoms with Crippen LogP contribution in [0.4, 0.5) is 0 Å². The van der Waals surface area contributed by atoms with Crippen LogP contribution in [-0.2, 0) is 16.8 Å². The lowest BCUT2D eigenvalue weighted by Gasteiger charge is -2.20. The van der Waals surface area contributed by atoms with Gasteiger partial charge in [0.15, 0.2) is 18.1 Å². The molecule has 0 bridgehead atoms. The van der Waals surface area contributed by atoms with Crippen molar-refractivity contribution < 1.29 is 23.4 Å². The Kier molecular flexibility index (Phi) is 7.63. The number of amides is 1. The highest BCUT2D eigenvalue weighted by atomic mass is 79.9. The molecule has 9 heteroatoms. The van der Waals surface area contributed by atoms with Crippen molar-refractivity contribution in [2.45, 2.75) is 32.7 Å². The molecule has 1 amide bonds. The summed E-state index contributed by atoms with van der Waals surface area (Å²) in [7, 11) is 4.78. The highest BCUT2D eigenvalue weighted by molar-refractivity contribution is 9.10. The van der Waals surface area contributed by atoms with Crippen LogP contribution in [0.2, 0.25) is 0 Å². The standard InChI is InChI=1S/C24H28BrN3O5/c1-24(2,3)16-8-10-18(17(25)12-16)32-14-22(29)28(4)13-21-26-27-23(33-21)15-7-9-19(30-5)20(11-15)31-6/h7-12H,13-14H2,1-6H3. The van der Waals surface area contributed by atoms with Gasteiger partial charge in [0, 0.05) is 12.6 Å². The predicted molar refractivity (Wildman–Crippen MR) is 128 cm³/mol. The molecule has 8 nitrogen and oxygen atoms in total. The third-order valence-corrected chi connectivity index (χ3v) is 5.66. The molecule has 0 atom stereocenters. The van der Waals surface area contributed by atoms with Gasteiger partial charge in [-0.15, -0.1) is 10.2 Å². The van der Waals surface area contributed by atoms with Gasteiger partial charge >= 0.3 is 0 Å². The summed E-state index contributed by atoms with van der Waals surface area (Å²) in [6.45, 7) is 6.47. The molecule has 0 aliphatic heterocycles. The van der Waals surface area contributed by atoms with E-state index in [2.05, 4.69) is 46.9 Å². The maximum Gasteiger partial charge on any atom is 0.260 e. The quantitative estimate of drug-likeness (QED) is 0.421. The second-order valence-corrected chi connectivity index (χ2v) is 9.36. The maximum atomic E-state index is 12.6. The Bertz CT molecular complexity index is 1120. The minimum atomic E-state index is -0.215. The molecule has 0 radical (unpaired) electrons. The molecule has 3 rings (SSSR count). The van der Waals surface area contributed by atoms with Gasteiger partial charge in [0.2, 0.25) is 11.8 Å². The van der Waals surface area contributed by atoms with E-state index < -0.39 is 0 Å². The molecular formula is C24H28BrN3O5. The van der Waals surface area contributed by atoms with Crippen molar-refractivity contribution in [2.75, 3.05) is 27.9 Å². The van der Waals surface area contributed by atoms with Gasteiger partial charge in [-0.05, 0) is 57.2 Å². The fraction of sp³-hybridized carbons (Fsp3) is 0.375. The predicted octanol–water partition coefficient (Wildman–Crippen LogP) is 4.85. The third-order valence-electron chi connectivity index (χ3n) is 5.04. The van der Waals surface area contributed by atoms with Crippen molar-refractivity contribution in [3.05, 3.63) is 52.3 Å². The van der Waals surface area contributed by atoms with E-state index in [0.717, 1.165) is 4.47 Å². The van der Waals surface area contributed by atoms with Crippen LogP contribution in [-0.4, -0.2) is 48.9 Å². The van der Waals surface area contributed by atoms with E-state index in [1.54, 1.807) is 39.5 Å². The maximum absolute atomic E-state index is 12.6. The summed E-state index contributed by atoms with van der Waals surface area (Å²) in [5.74, 6) is 2.19. The average molecular weight is 518 g/mol. The van der Waals surface area contributed by atoms with Crippen LogP contribution in [0.5, 0.6) is 17.2 Å². The van der Waals surface area contributed by atoms with Gasteiger partial charge in [0.1, 0.15) is 5.75 Å². The summed E-state index contributed by atoms with van der Waals surface area (Å²) in [6.07, 6.45) is 0. The Morgan fingerprint density at radius 2 is 1.73 bits per heavy atom. The number of ether oxygens (including phenoxy) is 3. The van der Waals surface area contributed by atoms with Crippen molar-refractivity contribution in [2.24, 2.45) is 0 Å². The molecule has 176 valence electrons. The zero-order valence-electron chi connectivity index (χ0n) is 19.6. The number of hydrogen-bond donors (Lipinski definition) is 0. The van der Waals surface area contributed by atoms with Crippen LogP contribution in [0.25, 0.3) is 11.5 Å². The minimum absolute atomic E-state index is 0.0248. The number of likely N-dealkylation sites (N-methyl/N-ethyl adjacent to an activating group) is 1. The largest absolute Gasteiger partial charge is 0.493 e. The first-order valence-electron chi connectivity index (χ1n) is 10.3. The zero-order valence-corrected chi connectivity index (χ0v) is 21.2. The van der Waals surface area contributed by atoms with Gasteiger partial charge in [-0.25, -0.2) is 0 Å². The summed E-state index contributed by atoms with van der Waals surface area (Å²) >= 11 is 3.52. The lowest BCUT2D eigenvalue weighted by Crippen LogP contribution is -2.31. The molecule has 1 heterocycles. The fourth-order valence-corrected chi connectivity index (χ4v) is 3.52. The van der Waals surface area contributed by atoms with E-state index in [1.165, 1.54) is 10.5 Å². The molecule has 0 spiro atoms. The molecule has 33 heavy (non-hydrogen) atoms. The first-order valence-corrected chi connectivity index (χ1v) is 11.1. The number of benzene rings is 2. The van der Waals surface area contributed by atoms with Gasteiger partial charge in [-0.2, -0.15) is 0 Å². The summed E-state index contributed by atoms with van der Waals surface area (Å²) in [4.78, 5) is 14.0. The Balaban J connectivity index is 1.60. The Morgan fingerprint density at radius 1 is 1.03 bits per heavy atom. The van der Waals surface area contributed by atoms with Crippen molar-refractivity contribution in [3.63, 3.8) is 0 Å². The number of hydrogen-bond acceptors (Lipinski definition) is 7. The second-order valence-electron chi connectivity index (χ2n) is 8.50. The molecule has 0 N–H and O–H groups in total. The molecule has 0 saturated carbocycles. The monoisotopic (exact) mass is 517 g/mol. The highest BCUT2D eigenvalue weighted by Gasteiger charge is 2.18. The number of carbonyl (C=O) groups is 1. The zero-order chi connectivity index (χ0) is 24.2. The van der Waals surface area contributed by atoms with Crippen LogP contribution < -0.4 is 14.2 Å². The Morgan fingerprint density at radius 3 is 2.36 bits per heavy atom. The van der Waals surface area contributed by atoms with Crippen LogP contribution in [0.15, 0.2) is 45.3 Å². The number of halogens is 1. The van der Waals surface area contributed by atoms with Crippen molar-refractivity contribution in [1.29, 1.82) is 0 Å². The van der Waals surface area contributed by atoms with Crippen LogP contribution >= 0.6 is 15.9 Å². The summed E-state index contributed by atoms with van der Waals surface area (Å²) in [5, 5.41) is 8.12. The lowest BCUT2D eigenvalue weighted by molar-refractivity contribution is -0.132. The minimum Gasteiger partial charge on any atom is -0.493 e. The molecule has 0 saturated heterocycles. The normalized spacial score (nSPS) is 11.2. The molecule has 3 aromatic rings. The third kappa shape index (κ3) is 6.04. The van der Waals surface area contributed by atoms with Crippen molar-refractivity contribution in [1.82, 2.24) is 15.1 Å². The SMILES string of the molecule is COc1ccc(-c2nnc(CN(C)C(=O)COc3ccc(C(C)(C)C)cc3Br)o2)cc1OC. The molecule has 0 unspecified atom stereocenters. The Labute approximate surface area is 202 Å². The van der Waals surface area contributed by atoms with E-state index in [4.69, 9.17) is 18.6 Å². The summed E-state index contributed by atoms with van der Waals surface area (Å²) in [6, 6.07) is 11.2. The van der Waals surface area contributed by atoms with Gasteiger partial charge in [0.05, 0.1) is 25.2 Å². The highest BCUT2D eigenvalue weighted by Crippen LogP contribution is 2.32. The summed E-state index contributed by atoms with van der Waals surface area (Å²) < 4.78 is 22.8.